The number of hydrogen-bond acceptors (Lipinski definition) is 5. The molecule has 0 saturated heterocycles. The Morgan fingerprint density at radius 1 is 0.967 bits per heavy atom. The predicted molar refractivity (Wildman–Crippen MR) is 119 cm³/mol. The lowest BCUT2D eigenvalue weighted by atomic mass is 10.2. The highest BCUT2D eigenvalue weighted by Gasteiger charge is 2.10. The molecule has 4 rings (SSSR count). The smallest absolute Gasteiger partial charge is 0.264 e. The number of benzene rings is 3. The molecule has 150 valence electrons. The number of amides is 2. The Kier molecular flexibility index (Phi) is 5.72. The standard InChI is InChI=1S/C23H19N3O3S/c1-15-10-11-19-20(12-15)30-23(25-19)26-21(27)14-29-18-9-5-8-17(13-18)24-22(28)16-6-3-2-4-7-16/h2-13H,14H2,1H3,(H,24,28)(H,25,26,27). The summed E-state index contributed by atoms with van der Waals surface area (Å²) in [5, 5.41) is 6.12. The first-order valence-electron chi connectivity index (χ1n) is 9.33. The fourth-order valence-electron chi connectivity index (χ4n) is 2.85. The van der Waals surface area contributed by atoms with Crippen molar-refractivity contribution in [3.05, 3.63) is 83.9 Å². The fourth-order valence-corrected chi connectivity index (χ4v) is 3.83. The molecule has 0 saturated carbocycles. The Morgan fingerprint density at radius 3 is 2.63 bits per heavy atom. The third kappa shape index (κ3) is 4.82. The molecule has 2 N–H and O–H groups in total. The van der Waals surface area contributed by atoms with Crippen LogP contribution in [0.5, 0.6) is 5.75 Å². The number of hydrogen-bond donors (Lipinski definition) is 2. The molecule has 0 aliphatic carbocycles. The second-order valence-corrected chi connectivity index (χ2v) is 7.71. The molecule has 1 heterocycles. The summed E-state index contributed by atoms with van der Waals surface area (Å²) < 4.78 is 6.60. The van der Waals surface area contributed by atoms with Crippen molar-refractivity contribution in [2.45, 2.75) is 6.92 Å². The quantitative estimate of drug-likeness (QED) is 0.469. The molecule has 7 heteroatoms. The van der Waals surface area contributed by atoms with Crippen LogP contribution in [0.2, 0.25) is 0 Å². The van der Waals surface area contributed by atoms with Crippen LogP contribution in [0.4, 0.5) is 10.8 Å². The van der Waals surface area contributed by atoms with Gasteiger partial charge in [-0.05, 0) is 48.9 Å². The van der Waals surface area contributed by atoms with Crippen molar-refractivity contribution in [3.63, 3.8) is 0 Å². The summed E-state index contributed by atoms with van der Waals surface area (Å²) in [7, 11) is 0. The second-order valence-electron chi connectivity index (χ2n) is 6.68. The van der Waals surface area contributed by atoms with Crippen LogP contribution in [-0.4, -0.2) is 23.4 Å². The van der Waals surface area contributed by atoms with Gasteiger partial charge in [-0.25, -0.2) is 4.98 Å². The zero-order valence-corrected chi connectivity index (χ0v) is 17.0. The minimum atomic E-state index is -0.301. The van der Waals surface area contributed by atoms with E-state index in [2.05, 4.69) is 15.6 Å². The largest absolute Gasteiger partial charge is 0.484 e. The monoisotopic (exact) mass is 417 g/mol. The second kappa shape index (κ2) is 8.75. The van der Waals surface area contributed by atoms with E-state index in [9.17, 15) is 9.59 Å². The number of anilines is 2. The van der Waals surface area contributed by atoms with Gasteiger partial charge in [0.05, 0.1) is 10.2 Å². The SMILES string of the molecule is Cc1ccc2nc(NC(=O)COc3cccc(NC(=O)c4ccccc4)c3)sc2c1. The van der Waals surface area contributed by atoms with Crippen LogP contribution in [-0.2, 0) is 4.79 Å². The molecule has 2 amide bonds. The molecule has 30 heavy (non-hydrogen) atoms. The van der Waals surface area contributed by atoms with Crippen LogP contribution in [0.1, 0.15) is 15.9 Å². The summed E-state index contributed by atoms with van der Waals surface area (Å²) in [5.41, 5.74) is 3.15. The van der Waals surface area contributed by atoms with E-state index in [0.717, 1.165) is 15.8 Å². The molecule has 4 aromatic rings. The Hall–Kier alpha value is -3.71. The number of aryl methyl sites for hydroxylation is 1. The molecule has 6 nitrogen and oxygen atoms in total. The normalized spacial score (nSPS) is 10.6. The summed E-state index contributed by atoms with van der Waals surface area (Å²) in [6.45, 7) is 1.85. The van der Waals surface area contributed by atoms with Gasteiger partial charge in [-0.1, -0.05) is 41.7 Å². The van der Waals surface area contributed by atoms with Crippen molar-refractivity contribution < 1.29 is 14.3 Å². The summed E-state index contributed by atoms with van der Waals surface area (Å²) in [6, 6.07) is 21.8. The summed E-state index contributed by atoms with van der Waals surface area (Å²) in [5.74, 6) is -0.0306. The first-order chi connectivity index (χ1) is 14.6. The third-order valence-corrected chi connectivity index (χ3v) is 5.22. The van der Waals surface area contributed by atoms with Crippen molar-refractivity contribution in [2.75, 3.05) is 17.2 Å². The van der Waals surface area contributed by atoms with Crippen molar-refractivity contribution in [1.29, 1.82) is 0 Å². The van der Waals surface area contributed by atoms with E-state index in [0.29, 0.717) is 22.1 Å². The average molecular weight is 417 g/mol. The van der Waals surface area contributed by atoms with Crippen LogP contribution in [0.25, 0.3) is 10.2 Å². The van der Waals surface area contributed by atoms with Crippen LogP contribution < -0.4 is 15.4 Å². The molecule has 0 unspecified atom stereocenters. The van der Waals surface area contributed by atoms with E-state index in [1.165, 1.54) is 11.3 Å². The number of ether oxygens (including phenoxy) is 1. The third-order valence-electron chi connectivity index (χ3n) is 4.29. The number of rotatable bonds is 6. The van der Waals surface area contributed by atoms with Gasteiger partial charge >= 0.3 is 0 Å². The maximum atomic E-state index is 12.3. The van der Waals surface area contributed by atoms with Crippen LogP contribution in [0, 0.1) is 6.92 Å². The number of carbonyl (C=O) groups excluding carboxylic acids is 2. The van der Waals surface area contributed by atoms with Crippen LogP contribution in [0.15, 0.2) is 72.8 Å². The number of carbonyl (C=O) groups is 2. The van der Waals surface area contributed by atoms with Crippen molar-refractivity contribution in [2.24, 2.45) is 0 Å². The Bertz CT molecular complexity index is 1200. The number of nitrogens with one attached hydrogen (secondary N) is 2. The lowest BCUT2D eigenvalue weighted by molar-refractivity contribution is -0.118. The summed E-state index contributed by atoms with van der Waals surface area (Å²) >= 11 is 1.42. The Labute approximate surface area is 177 Å². The minimum Gasteiger partial charge on any atom is -0.484 e. The van der Waals surface area contributed by atoms with Crippen LogP contribution >= 0.6 is 11.3 Å². The molecule has 0 aliphatic heterocycles. The van der Waals surface area contributed by atoms with Gasteiger partial charge in [0.25, 0.3) is 11.8 Å². The van der Waals surface area contributed by atoms with E-state index in [4.69, 9.17) is 4.74 Å². The molecular weight excluding hydrogens is 398 g/mol. The van der Waals surface area contributed by atoms with Gasteiger partial charge in [0.15, 0.2) is 11.7 Å². The molecule has 0 aliphatic rings. The summed E-state index contributed by atoms with van der Waals surface area (Å²) in [4.78, 5) is 28.9. The van der Waals surface area contributed by atoms with E-state index in [1.807, 2.05) is 31.2 Å². The topological polar surface area (TPSA) is 80.3 Å². The number of fused-ring (bicyclic) bond motifs is 1. The summed E-state index contributed by atoms with van der Waals surface area (Å²) in [6.07, 6.45) is 0. The number of aromatic nitrogens is 1. The lowest BCUT2D eigenvalue weighted by Crippen LogP contribution is -2.20. The van der Waals surface area contributed by atoms with E-state index in [1.54, 1.807) is 48.5 Å². The molecule has 0 bridgehead atoms. The van der Waals surface area contributed by atoms with Crippen molar-refractivity contribution in [1.82, 2.24) is 4.98 Å². The van der Waals surface area contributed by atoms with E-state index in [-0.39, 0.29) is 18.4 Å². The van der Waals surface area contributed by atoms with Gasteiger partial charge < -0.3 is 10.1 Å². The highest BCUT2D eigenvalue weighted by molar-refractivity contribution is 7.22. The maximum absolute atomic E-state index is 12.3. The molecule has 0 spiro atoms. The molecule has 0 radical (unpaired) electrons. The Morgan fingerprint density at radius 2 is 1.80 bits per heavy atom. The zero-order valence-electron chi connectivity index (χ0n) is 16.2. The number of thiazole rings is 1. The molecule has 3 aromatic carbocycles. The fraction of sp³-hybridized carbons (Fsp3) is 0.0870. The van der Waals surface area contributed by atoms with E-state index < -0.39 is 0 Å². The average Bonchev–Trinajstić information content (AvgIpc) is 3.14. The highest BCUT2D eigenvalue weighted by atomic mass is 32.1. The van der Waals surface area contributed by atoms with Crippen molar-refractivity contribution in [3.8, 4) is 5.75 Å². The first-order valence-corrected chi connectivity index (χ1v) is 10.1. The van der Waals surface area contributed by atoms with Gasteiger partial charge in [0, 0.05) is 17.3 Å². The Balaban J connectivity index is 1.34. The van der Waals surface area contributed by atoms with E-state index >= 15 is 0 Å². The minimum absolute atomic E-state index is 0.162. The molecular formula is C23H19N3O3S. The maximum Gasteiger partial charge on any atom is 0.264 e. The molecule has 0 fully saturated rings. The molecule has 1 aromatic heterocycles. The number of nitrogens with zero attached hydrogens (tertiary/aromatic N) is 1. The predicted octanol–water partition coefficient (Wildman–Crippen LogP) is 4.87. The zero-order chi connectivity index (χ0) is 20.9. The molecule has 0 atom stereocenters. The van der Waals surface area contributed by atoms with Gasteiger partial charge in [-0.3, -0.25) is 14.9 Å². The van der Waals surface area contributed by atoms with Crippen LogP contribution in [0.3, 0.4) is 0 Å². The van der Waals surface area contributed by atoms with Gasteiger partial charge in [0.2, 0.25) is 0 Å². The highest BCUT2D eigenvalue weighted by Crippen LogP contribution is 2.26. The van der Waals surface area contributed by atoms with Crippen molar-refractivity contribution >= 4 is 44.2 Å². The first kappa shape index (κ1) is 19.6. The van der Waals surface area contributed by atoms with Gasteiger partial charge in [0.1, 0.15) is 5.75 Å². The van der Waals surface area contributed by atoms with Gasteiger partial charge in [-0.2, -0.15) is 0 Å². The lowest BCUT2D eigenvalue weighted by Gasteiger charge is -2.09. The van der Waals surface area contributed by atoms with Gasteiger partial charge in [-0.15, -0.1) is 0 Å².